The van der Waals surface area contributed by atoms with Gasteiger partial charge in [-0.3, -0.25) is 0 Å². The van der Waals surface area contributed by atoms with Gasteiger partial charge in [-0.05, 0) is 48.3 Å². The summed E-state index contributed by atoms with van der Waals surface area (Å²) in [4.78, 5) is 1.38. The third kappa shape index (κ3) is 4.64. The SMILES string of the molecule is CNC(COC(C)C)Cc1sccc1Br. The molecule has 0 aliphatic rings. The van der Waals surface area contributed by atoms with Gasteiger partial charge in [-0.1, -0.05) is 0 Å². The molecule has 1 rings (SSSR count). The average molecular weight is 292 g/mol. The summed E-state index contributed by atoms with van der Waals surface area (Å²) < 4.78 is 6.82. The lowest BCUT2D eigenvalue weighted by atomic mass is 10.2. The van der Waals surface area contributed by atoms with Crippen molar-refractivity contribution in [2.24, 2.45) is 0 Å². The molecule has 1 atom stereocenters. The zero-order valence-electron chi connectivity index (χ0n) is 9.42. The number of halogens is 1. The van der Waals surface area contributed by atoms with E-state index in [4.69, 9.17) is 4.74 Å². The van der Waals surface area contributed by atoms with Crippen LogP contribution in [0, 0.1) is 0 Å². The van der Waals surface area contributed by atoms with E-state index in [1.165, 1.54) is 9.35 Å². The molecule has 1 aromatic heterocycles. The molecular weight excluding hydrogens is 274 g/mol. The molecule has 86 valence electrons. The fraction of sp³-hybridized carbons (Fsp3) is 0.636. The third-order valence-corrected chi connectivity index (χ3v) is 4.11. The van der Waals surface area contributed by atoms with Crippen LogP contribution in [0.15, 0.2) is 15.9 Å². The highest BCUT2D eigenvalue weighted by atomic mass is 79.9. The first kappa shape index (κ1) is 13.2. The Kier molecular flexibility index (Phi) is 5.82. The highest BCUT2D eigenvalue weighted by molar-refractivity contribution is 9.10. The molecule has 2 nitrogen and oxygen atoms in total. The molecule has 0 saturated heterocycles. The van der Waals surface area contributed by atoms with Gasteiger partial charge < -0.3 is 10.1 Å². The number of rotatable bonds is 6. The monoisotopic (exact) mass is 291 g/mol. The highest BCUT2D eigenvalue weighted by Gasteiger charge is 2.11. The maximum Gasteiger partial charge on any atom is 0.0626 e. The molecule has 1 N–H and O–H groups in total. The van der Waals surface area contributed by atoms with Crippen LogP contribution in [0.5, 0.6) is 0 Å². The number of likely N-dealkylation sites (N-methyl/N-ethyl adjacent to an activating group) is 1. The van der Waals surface area contributed by atoms with Gasteiger partial charge in [-0.25, -0.2) is 0 Å². The summed E-state index contributed by atoms with van der Waals surface area (Å²) in [6.45, 7) is 4.89. The Balaban J connectivity index is 2.43. The topological polar surface area (TPSA) is 21.3 Å². The standard InChI is InChI=1S/C11H18BrNOS/c1-8(2)14-7-9(13-3)6-11-10(12)4-5-15-11/h4-5,8-9,13H,6-7H2,1-3H3. The number of ether oxygens (including phenoxy) is 1. The third-order valence-electron chi connectivity index (χ3n) is 2.16. The number of nitrogens with one attached hydrogen (secondary N) is 1. The van der Waals surface area contributed by atoms with E-state index in [0.29, 0.717) is 12.1 Å². The predicted octanol–water partition coefficient (Wildman–Crippen LogP) is 3.07. The lowest BCUT2D eigenvalue weighted by Crippen LogP contribution is -2.33. The van der Waals surface area contributed by atoms with Crippen molar-refractivity contribution >= 4 is 27.3 Å². The van der Waals surface area contributed by atoms with Gasteiger partial charge in [0, 0.05) is 21.8 Å². The van der Waals surface area contributed by atoms with Crippen molar-refractivity contribution in [1.82, 2.24) is 5.32 Å². The second-order valence-electron chi connectivity index (χ2n) is 3.76. The van der Waals surface area contributed by atoms with E-state index in [9.17, 15) is 0 Å². The highest BCUT2D eigenvalue weighted by Crippen LogP contribution is 2.23. The first-order chi connectivity index (χ1) is 7.13. The first-order valence-corrected chi connectivity index (χ1v) is 6.81. The van der Waals surface area contributed by atoms with Crippen LogP contribution in [0.1, 0.15) is 18.7 Å². The normalized spacial score (nSPS) is 13.4. The van der Waals surface area contributed by atoms with Crippen LogP contribution in [0.3, 0.4) is 0 Å². The lowest BCUT2D eigenvalue weighted by Gasteiger charge is -2.17. The average Bonchev–Trinajstić information content (AvgIpc) is 2.58. The van der Waals surface area contributed by atoms with Gasteiger partial charge in [0.1, 0.15) is 0 Å². The Morgan fingerprint density at radius 2 is 2.27 bits per heavy atom. The van der Waals surface area contributed by atoms with Crippen LogP contribution >= 0.6 is 27.3 Å². The second kappa shape index (κ2) is 6.63. The van der Waals surface area contributed by atoms with Crippen LogP contribution in [0.4, 0.5) is 0 Å². The van der Waals surface area contributed by atoms with E-state index in [0.717, 1.165) is 13.0 Å². The Morgan fingerprint density at radius 1 is 1.53 bits per heavy atom. The molecule has 1 heterocycles. The molecule has 0 spiro atoms. The van der Waals surface area contributed by atoms with Gasteiger partial charge in [-0.2, -0.15) is 0 Å². The zero-order valence-corrected chi connectivity index (χ0v) is 11.8. The minimum atomic E-state index is 0.299. The van der Waals surface area contributed by atoms with Crippen molar-refractivity contribution in [3.05, 3.63) is 20.8 Å². The van der Waals surface area contributed by atoms with Crippen LogP contribution in [-0.4, -0.2) is 25.8 Å². The van der Waals surface area contributed by atoms with Crippen LogP contribution < -0.4 is 5.32 Å². The number of hydrogen-bond donors (Lipinski definition) is 1. The maximum atomic E-state index is 5.61. The van der Waals surface area contributed by atoms with Gasteiger partial charge in [-0.15, -0.1) is 11.3 Å². The van der Waals surface area contributed by atoms with Crippen molar-refractivity contribution < 1.29 is 4.74 Å². The first-order valence-electron chi connectivity index (χ1n) is 5.14. The van der Waals surface area contributed by atoms with Crippen LogP contribution in [-0.2, 0) is 11.2 Å². The van der Waals surface area contributed by atoms with Crippen molar-refractivity contribution in [2.75, 3.05) is 13.7 Å². The molecule has 0 saturated carbocycles. The summed E-state index contributed by atoms with van der Waals surface area (Å²) in [5, 5.41) is 5.39. The summed E-state index contributed by atoms with van der Waals surface area (Å²) in [5.41, 5.74) is 0. The lowest BCUT2D eigenvalue weighted by molar-refractivity contribution is 0.0629. The van der Waals surface area contributed by atoms with Gasteiger partial charge >= 0.3 is 0 Å². The van der Waals surface area contributed by atoms with Gasteiger partial charge in [0.2, 0.25) is 0 Å². The maximum absolute atomic E-state index is 5.61. The molecule has 0 aliphatic carbocycles. The fourth-order valence-corrected chi connectivity index (χ4v) is 2.84. The van der Waals surface area contributed by atoms with Crippen molar-refractivity contribution in [1.29, 1.82) is 0 Å². The van der Waals surface area contributed by atoms with E-state index in [1.54, 1.807) is 11.3 Å². The van der Waals surface area contributed by atoms with Gasteiger partial charge in [0.25, 0.3) is 0 Å². The molecule has 0 amide bonds. The van der Waals surface area contributed by atoms with Crippen molar-refractivity contribution in [3.8, 4) is 0 Å². The number of thiophene rings is 1. The molecule has 0 radical (unpaired) electrons. The Labute approximate surface area is 104 Å². The van der Waals surface area contributed by atoms with Gasteiger partial charge in [0.05, 0.1) is 12.7 Å². The summed E-state index contributed by atoms with van der Waals surface area (Å²) in [6, 6.07) is 2.48. The second-order valence-corrected chi connectivity index (χ2v) is 5.62. The summed E-state index contributed by atoms with van der Waals surface area (Å²) in [6.07, 6.45) is 1.31. The summed E-state index contributed by atoms with van der Waals surface area (Å²) >= 11 is 5.33. The van der Waals surface area contributed by atoms with E-state index in [1.807, 2.05) is 7.05 Å². The zero-order chi connectivity index (χ0) is 11.3. The molecule has 4 heteroatoms. The van der Waals surface area contributed by atoms with E-state index in [2.05, 4.69) is 46.5 Å². The molecule has 0 aromatic carbocycles. The largest absolute Gasteiger partial charge is 0.377 e. The van der Waals surface area contributed by atoms with E-state index >= 15 is 0 Å². The Hall–Kier alpha value is 0.100. The van der Waals surface area contributed by atoms with Crippen molar-refractivity contribution in [3.63, 3.8) is 0 Å². The van der Waals surface area contributed by atoms with E-state index in [-0.39, 0.29) is 0 Å². The van der Waals surface area contributed by atoms with Gasteiger partial charge in [0.15, 0.2) is 0 Å². The Morgan fingerprint density at radius 3 is 2.73 bits per heavy atom. The molecule has 0 fully saturated rings. The number of hydrogen-bond acceptors (Lipinski definition) is 3. The molecule has 1 unspecified atom stereocenters. The molecule has 0 bridgehead atoms. The van der Waals surface area contributed by atoms with Crippen LogP contribution in [0.2, 0.25) is 0 Å². The minimum Gasteiger partial charge on any atom is -0.377 e. The predicted molar refractivity (Wildman–Crippen MR) is 69.7 cm³/mol. The molecule has 1 aromatic rings. The molecule has 0 aliphatic heterocycles. The summed E-state index contributed by atoms with van der Waals surface area (Å²) in [7, 11) is 1.98. The molecule has 15 heavy (non-hydrogen) atoms. The molecular formula is C11H18BrNOS. The summed E-state index contributed by atoms with van der Waals surface area (Å²) in [5.74, 6) is 0. The quantitative estimate of drug-likeness (QED) is 0.870. The minimum absolute atomic E-state index is 0.299. The smallest absolute Gasteiger partial charge is 0.0626 e. The van der Waals surface area contributed by atoms with Crippen LogP contribution in [0.25, 0.3) is 0 Å². The van der Waals surface area contributed by atoms with E-state index < -0.39 is 0 Å². The van der Waals surface area contributed by atoms with Crippen molar-refractivity contribution in [2.45, 2.75) is 32.4 Å². The fourth-order valence-electron chi connectivity index (χ4n) is 1.25. The Bertz CT molecular complexity index is 288.